The molecule has 2 fully saturated rings. The van der Waals surface area contributed by atoms with E-state index < -0.39 is 0 Å². The molecule has 1 aliphatic heterocycles. The van der Waals surface area contributed by atoms with Gasteiger partial charge in [-0.3, -0.25) is 14.7 Å². The molecule has 2 aliphatic rings. The van der Waals surface area contributed by atoms with Gasteiger partial charge in [0.15, 0.2) is 5.96 Å². The maximum absolute atomic E-state index is 12.0. The van der Waals surface area contributed by atoms with Crippen molar-refractivity contribution in [2.75, 3.05) is 44.7 Å². The standard InChI is InChI=1S/C18H35N5OS.HI/c1-17(2,3)22-15(24)13-20-16(19-4)21-14-18(7-5-6-8-18)23-9-11-25-12-10-23;/h5-14H2,1-4H3,(H,22,24)(H2,19,20,21);1H. The van der Waals surface area contributed by atoms with Crippen molar-refractivity contribution in [3.05, 3.63) is 0 Å². The summed E-state index contributed by atoms with van der Waals surface area (Å²) in [6, 6.07) is 0. The van der Waals surface area contributed by atoms with Gasteiger partial charge in [0.25, 0.3) is 0 Å². The maximum Gasteiger partial charge on any atom is 0.239 e. The van der Waals surface area contributed by atoms with Crippen LogP contribution in [-0.2, 0) is 4.79 Å². The van der Waals surface area contributed by atoms with Crippen LogP contribution in [0.4, 0.5) is 0 Å². The van der Waals surface area contributed by atoms with E-state index in [-0.39, 0.29) is 47.5 Å². The van der Waals surface area contributed by atoms with Crippen LogP contribution < -0.4 is 16.0 Å². The number of hydrogen-bond acceptors (Lipinski definition) is 4. The van der Waals surface area contributed by atoms with Crippen LogP contribution in [0.5, 0.6) is 0 Å². The zero-order valence-electron chi connectivity index (χ0n) is 16.7. The lowest BCUT2D eigenvalue weighted by molar-refractivity contribution is -0.121. The largest absolute Gasteiger partial charge is 0.355 e. The molecule has 1 saturated carbocycles. The summed E-state index contributed by atoms with van der Waals surface area (Å²) in [5.41, 5.74) is 0.0438. The Hall–Kier alpha value is -0.220. The maximum atomic E-state index is 12.0. The van der Waals surface area contributed by atoms with E-state index in [1.807, 2.05) is 20.8 Å². The summed E-state index contributed by atoms with van der Waals surface area (Å²) in [5.74, 6) is 3.17. The van der Waals surface area contributed by atoms with Crippen LogP contribution in [0.25, 0.3) is 0 Å². The molecular formula is C18H36IN5OS. The highest BCUT2D eigenvalue weighted by atomic mass is 127. The molecule has 0 atom stereocenters. The number of rotatable bonds is 5. The number of carbonyl (C=O) groups is 1. The van der Waals surface area contributed by atoms with Gasteiger partial charge in [0.1, 0.15) is 0 Å². The summed E-state index contributed by atoms with van der Waals surface area (Å²) in [4.78, 5) is 19.0. The van der Waals surface area contributed by atoms with Crippen molar-refractivity contribution in [3.8, 4) is 0 Å². The van der Waals surface area contributed by atoms with E-state index in [4.69, 9.17) is 0 Å². The average molecular weight is 497 g/mol. The minimum absolute atomic E-state index is 0. The number of thioether (sulfide) groups is 1. The Morgan fingerprint density at radius 2 is 1.77 bits per heavy atom. The first-order valence-electron chi connectivity index (χ1n) is 9.43. The van der Waals surface area contributed by atoms with Gasteiger partial charge in [-0.15, -0.1) is 24.0 Å². The van der Waals surface area contributed by atoms with Crippen LogP contribution in [0.2, 0.25) is 0 Å². The third kappa shape index (κ3) is 7.42. The Bertz CT molecular complexity index is 469. The van der Waals surface area contributed by atoms with E-state index in [0.29, 0.717) is 5.96 Å². The molecule has 0 aromatic carbocycles. The van der Waals surface area contributed by atoms with E-state index in [0.717, 1.165) is 6.54 Å². The highest BCUT2D eigenvalue weighted by Gasteiger charge is 2.39. The fourth-order valence-electron chi connectivity index (χ4n) is 3.77. The number of carbonyl (C=O) groups excluding carboxylic acids is 1. The molecule has 0 spiro atoms. The van der Waals surface area contributed by atoms with E-state index in [2.05, 4.69) is 37.6 Å². The Morgan fingerprint density at radius 1 is 1.15 bits per heavy atom. The van der Waals surface area contributed by atoms with Crippen molar-refractivity contribution in [2.45, 2.75) is 57.5 Å². The summed E-state index contributed by atoms with van der Waals surface area (Å²) in [6.45, 7) is 9.47. The monoisotopic (exact) mass is 497 g/mol. The number of guanidine groups is 1. The van der Waals surface area contributed by atoms with Gasteiger partial charge in [-0.1, -0.05) is 12.8 Å². The lowest BCUT2D eigenvalue weighted by atomic mass is 9.94. The molecule has 2 rings (SSSR count). The molecule has 6 nitrogen and oxygen atoms in total. The van der Waals surface area contributed by atoms with Gasteiger partial charge in [-0.05, 0) is 33.6 Å². The molecule has 1 aliphatic carbocycles. The zero-order chi connectivity index (χ0) is 18.3. The van der Waals surface area contributed by atoms with Crippen molar-refractivity contribution in [1.82, 2.24) is 20.9 Å². The number of amides is 1. The number of nitrogens with zero attached hydrogens (tertiary/aromatic N) is 2. The van der Waals surface area contributed by atoms with Crippen LogP contribution >= 0.6 is 35.7 Å². The molecule has 0 bridgehead atoms. The predicted molar refractivity (Wildman–Crippen MR) is 123 cm³/mol. The van der Waals surface area contributed by atoms with Gasteiger partial charge in [-0.25, -0.2) is 0 Å². The first-order chi connectivity index (χ1) is 11.8. The molecule has 1 heterocycles. The Kier molecular flexibility index (Phi) is 10.0. The van der Waals surface area contributed by atoms with Crippen molar-refractivity contribution < 1.29 is 4.79 Å². The second-order valence-corrected chi connectivity index (χ2v) is 9.33. The van der Waals surface area contributed by atoms with Crippen LogP contribution in [0.1, 0.15) is 46.5 Å². The highest BCUT2D eigenvalue weighted by molar-refractivity contribution is 14.0. The van der Waals surface area contributed by atoms with E-state index in [9.17, 15) is 4.79 Å². The number of aliphatic imine (C=N–C) groups is 1. The Balaban J connectivity index is 0.00000338. The van der Waals surface area contributed by atoms with Gasteiger partial charge in [-0.2, -0.15) is 11.8 Å². The summed E-state index contributed by atoms with van der Waals surface area (Å²) in [6.07, 6.45) is 5.13. The van der Waals surface area contributed by atoms with E-state index in [1.165, 1.54) is 50.3 Å². The van der Waals surface area contributed by atoms with Crippen LogP contribution in [0, 0.1) is 0 Å². The van der Waals surface area contributed by atoms with Crippen LogP contribution in [-0.4, -0.2) is 72.6 Å². The molecule has 0 radical (unpaired) electrons. The second-order valence-electron chi connectivity index (χ2n) is 8.11. The van der Waals surface area contributed by atoms with Crippen molar-refractivity contribution >= 4 is 47.6 Å². The summed E-state index contributed by atoms with van der Waals surface area (Å²) in [7, 11) is 1.76. The Labute approximate surface area is 180 Å². The first-order valence-corrected chi connectivity index (χ1v) is 10.6. The average Bonchev–Trinajstić information content (AvgIpc) is 3.04. The highest BCUT2D eigenvalue weighted by Crippen LogP contribution is 2.36. The van der Waals surface area contributed by atoms with Crippen molar-refractivity contribution in [2.24, 2.45) is 4.99 Å². The van der Waals surface area contributed by atoms with Gasteiger partial charge in [0, 0.05) is 49.3 Å². The first kappa shape index (κ1) is 23.8. The molecule has 26 heavy (non-hydrogen) atoms. The molecule has 0 aromatic heterocycles. The van der Waals surface area contributed by atoms with E-state index in [1.54, 1.807) is 7.05 Å². The summed E-state index contributed by atoms with van der Waals surface area (Å²) < 4.78 is 0. The summed E-state index contributed by atoms with van der Waals surface area (Å²) in [5, 5.41) is 9.58. The molecule has 8 heteroatoms. The topological polar surface area (TPSA) is 68.8 Å². The molecule has 0 unspecified atom stereocenters. The summed E-state index contributed by atoms with van der Waals surface area (Å²) >= 11 is 2.06. The Morgan fingerprint density at radius 3 is 2.31 bits per heavy atom. The number of hydrogen-bond donors (Lipinski definition) is 3. The quantitative estimate of drug-likeness (QED) is 0.308. The molecule has 0 aromatic rings. The second kappa shape index (κ2) is 10.9. The van der Waals surface area contributed by atoms with Gasteiger partial charge < -0.3 is 16.0 Å². The minimum Gasteiger partial charge on any atom is -0.355 e. The molecule has 1 saturated heterocycles. The third-order valence-corrected chi connectivity index (χ3v) is 5.90. The molecule has 3 N–H and O–H groups in total. The fourth-order valence-corrected chi connectivity index (χ4v) is 4.67. The van der Waals surface area contributed by atoms with Crippen molar-refractivity contribution in [1.29, 1.82) is 0 Å². The predicted octanol–water partition coefficient (Wildman–Crippen LogP) is 2.05. The lowest BCUT2D eigenvalue weighted by Gasteiger charge is -2.43. The molecule has 1 amide bonds. The lowest BCUT2D eigenvalue weighted by Crippen LogP contribution is -2.58. The van der Waals surface area contributed by atoms with Crippen molar-refractivity contribution in [3.63, 3.8) is 0 Å². The van der Waals surface area contributed by atoms with Gasteiger partial charge in [0.2, 0.25) is 5.91 Å². The smallest absolute Gasteiger partial charge is 0.239 e. The van der Waals surface area contributed by atoms with Crippen LogP contribution in [0.3, 0.4) is 0 Å². The number of halogens is 1. The normalized spacial score (nSPS) is 21.0. The third-order valence-electron chi connectivity index (χ3n) is 4.96. The van der Waals surface area contributed by atoms with Crippen LogP contribution in [0.15, 0.2) is 4.99 Å². The van der Waals surface area contributed by atoms with Gasteiger partial charge >= 0.3 is 0 Å². The van der Waals surface area contributed by atoms with Gasteiger partial charge in [0.05, 0.1) is 6.54 Å². The zero-order valence-corrected chi connectivity index (χ0v) is 19.8. The SMILES string of the molecule is CN=C(NCC(=O)NC(C)(C)C)NCC1(N2CCSCC2)CCCC1.I. The molecule has 152 valence electrons. The fraction of sp³-hybridized carbons (Fsp3) is 0.889. The number of nitrogens with one attached hydrogen (secondary N) is 3. The van der Waals surface area contributed by atoms with E-state index >= 15 is 0 Å². The molecular weight excluding hydrogens is 461 g/mol. The minimum atomic E-state index is -0.212.